The molecule has 1 aliphatic rings. The topological polar surface area (TPSA) is 38.5 Å². The standard InChI is InChI=1S/C14H21FN2O/c1-10(16)12-4-3-5-13(15)14(12)17(8-9-18-2)11-6-7-11/h3-5,10-11H,6-9,16H2,1-2H3. The van der Waals surface area contributed by atoms with Gasteiger partial charge in [-0.15, -0.1) is 0 Å². The largest absolute Gasteiger partial charge is 0.383 e. The molecular weight excluding hydrogens is 231 g/mol. The van der Waals surface area contributed by atoms with Crippen molar-refractivity contribution in [1.29, 1.82) is 0 Å². The van der Waals surface area contributed by atoms with Gasteiger partial charge in [-0.1, -0.05) is 12.1 Å². The monoisotopic (exact) mass is 252 g/mol. The van der Waals surface area contributed by atoms with E-state index in [9.17, 15) is 4.39 Å². The Hall–Kier alpha value is -1.13. The maximum absolute atomic E-state index is 14.1. The average molecular weight is 252 g/mol. The molecule has 1 aromatic carbocycles. The minimum Gasteiger partial charge on any atom is -0.383 e. The Morgan fingerprint density at radius 1 is 1.50 bits per heavy atom. The lowest BCUT2D eigenvalue weighted by atomic mass is 10.1. The zero-order valence-corrected chi connectivity index (χ0v) is 11.0. The molecule has 4 heteroatoms. The summed E-state index contributed by atoms with van der Waals surface area (Å²) in [5.74, 6) is -0.187. The Bertz CT molecular complexity index is 405. The third-order valence-electron chi connectivity index (χ3n) is 3.32. The van der Waals surface area contributed by atoms with E-state index in [1.807, 2.05) is 13.0 Å². The molecule has 0 radical (unpaired) electrons. The molecule has 18 heavy (non-hydrogen) atoms. The number of anilines is 1. The maximum atomic E-state index is 14.1. The molecule has 3 nitrogen and oxygen atoms in total. The van der Waals surface area contributed by atoms with Gasteiger partial charge in [0.05, 0.1) is 12.3 Å². The SMILES string of the molecule is COCCN(c1c(F)cccc1C(C)N)C1CC1. The van der Waals surface area contributed by atoms with Crippen LogP contribution in [0.25, 0.3) is 0 Å². The first-order chi connectivity index (χ1) is 8.65. The fourth-order valence-corrected chi connectivity index (χ4v) is 2.26. The van der Waals surface area contributed by atoms with Crippen molar-refractivity contribution in [2.24, 2.45) is 5.73 Å². The summed E-state index contributed by atoms with van der Waals surface area (Å²) in [4.78, 5) is 2.11. The molecule has 1 unspecified atom stereocenters. The predicted molar refractivity (Wildman–Crippen MR) is 71.2 cm³/mol. The summed E-state index contributed by atoms with van der Waals surface area (Å²) in [6.07, 6.45) is 2.24. The molecule has 1 saturated carbocycles. The van der Waals surface area contributed by atoms with Crippen LogP contribution in [-0.4, -0.2) is 26.3 Å². The van der Waals surface area contributed by atoms with Crippen LogP contribution in [-0.2, 0) is 4.74 Å². The molecule has 0 heterocycles. The lowest BCUT2D eigenvalue weighted by Gasteiger charge is -2.28. The van der Waals surface area contributed by atoms with Gasteiger partial charge in [0, 0.05) is 25.7 Å². The Morgan fingerprint density at radius 3 is 2.78 bits per heavy atom. The van der Waals surface area contributed by atoms with Crippen molar-refractivity contribution in [3.05, 3.63) is 29.6 Å². The van der Waals surface area contributed by atoms with Crippen LogP contribution in [0.2, 0.25) is 0 Å². The summed E-state index contributed by atoms with van der Waals surface area (Å²) < 4.78 is 19.3. The average Bonchev–Trinajstić information content (AvgIpc) is 3.15. The first-order valence-electron chi connectivity index (χ1n) is 6.44. The van der Waals surface area contributed by atoms with E-state index in [-0.39, 0.29) is 11.9 Å². The van der Waals surface area contributed by atoms with Crippen LogP contribution >= 0.6 is 0 Å². The molecule has 0 aliphatic heterocycles. The van der Waals surface area contributed by atoms with Gasteiger partial charge < -0.3 is 15.4 Å². The summed E-state index contributed by atoms with van der Waals surface area (Å²) in [5, 5.41) is 0. The molecule has 2 rings (SSSR count). The lowest BCUT2D eigenvalue weighted by molar-refractivity contribution is 0.204. The fraction of sp³-hybridized carbons (Fsp3) is 0.571. The van der Waals surface area contributed by atoms with Crippen LogP contribution in [0.3, 0.4) is 0 Å². The molecule has 2 N–H and O–H groups in total. The molecule has 1 aliphatic carbocycles. The minimum absolute atomic E-state index is 0.167. The van der Waals surface area contributed by atoms with E-state index in [2.05, 4.69) is 4.90 Å². The zero-order valence-electron chi connectivity index (χ0n) is 11.0. The Labute approximate surface area is 108 Å². The summed E-state index contributed by atoms with van der Waals surface area (Å²) in [5.41, 5.74) is 7.48. The van der Waals surface area contributed by atoms with E-state index < -0.39 is 0 Å². The van der Waals surface area contributed by atoms with Gasteiger partial charge in [0.25, 0.3) is 0 Å². The van der Waals surface area contributed by atoms with Crippen LogP contribution in [0.5, 0.6) is 0 Å². The Balaban J connectivity index is 2.33. The number of benzene rings is 1. The van der Waals surface area contributed by atoms with Crippen molar-refractivity contribution >= 4 is 5.69 Å². The van der Waals surface area contributed by atoms with Gasteiger partial charge in [-0.3, -0.25) is 0 Å². The van der Waals surface area contributed by atoms with Crippen molar-refractivity contribution in [1.82, 2.24) is 0 Å². The summed E-state index contributed by atoms with van der Waals surface area (Å²) in [6.45, 7) is 3.20. The second kappa shape index (κ2) is 5.67. The number of nitrogens with zero attached hydrogens (tertiary/aromatic N) is 1. The number of para-hydroxylation sites is 1. The zero-order chi connectivity index (χ0) is 13.1. The molecule has 0 bridgehead atoms. The summed E-state index contributed by atoms with van der Waals surface area (Å²) in [6, 6.07) is 5.40. The van der Waals surface area contributed by atoms with E-state index in [4.69, 9.17) is 10.5 Å². The van der Waals surface area contributed by atoms with E-state index >= 15 is 0 Å². The van der Waals surface area contributed by atoms with Gasteiger partial charge in [-0.05, 0) is 31.4 Å². The smallest absolute Gasteiger partial charge is 0.146 e. The third kappa shape index (κ3) is 2.82. The highest BCUT2D eigenvalue weighted by molar-refractivity contribution is 5.57. The number of methoxy groups -OCH3 is 1. The van der Waals surface area contributed by atoms with Crippen molar-refractivity contribution < 1.29 is 9.13 Å². The lowest BCUT2D eigenvalue weighted by Crippen LogP contribution is -2.32. The molecule has 0 saturated heterocycles. The van der Waals surface area contributed by atoms with Gasteiger partial charge in [0.2, 0.25) is 0 Å². The van der Waals surface area contributed by atoms with Gasteiger partial charge in [-0.25, -0.2) is 4.39 Å². The highest BCUT2D eigenvalue weighted by Crippen LogP contribution is 2.36. The maximum Gasteiger partial charge on any atom is 0.146 e. The second-order valence-electron chi connectivity index (χ2n) is 4.88. The molecule has 1 aromatic rings. The molecule has 0 spiro atoms. The van der Waals surface area contributed by atoms with Gasteiger partial charge in [0.1, 0.15) is 5.82 Å². The molecule has 1 fully saturated rings. The molecule has 100 valence electrons. The first-order valence-corrected chi connectivity index (χ1v) is 6.44. The molecule has 0 amide bonds. The molecule has 0 aromatic heterocycles. The van der Waals surface area contributed by atoms with Gasteiger partial charge in [0.15, 0.2) is 0 Å². The number of halogens is 1. The second-order valence-corrected chi connectivity index (χ2v) is 4.88. The predicted octanol–water partition coefficient (Wildman–Crippen LogP) is 2.46. The van der Waals surface area contributed by atoms with Crippen LogP contribution in [0.1, 0.15) is 31.4 Å². The van der Waals surface area contributed by atoms with Crippen molar-refractivity contribution in [3.63, 3.8) is 0 Å². The van der Waals surface area contributed by atoms with Crippen molar-refractivity contribution in [2.75, 3.05) is 25.2 Å². The van der Waals surface area contributed by atoms with Crippen LogP contribution in [0, 0.1) is 5.82 Å². The fourth-order valence-electron chi connectivity index (χ4n) is 2.26. The first kappa shape index (κ1) is 13.3. The van der Waals surface area contributed by atoms with E-state index in [1.165, 1.54) is 6.07 Å². The van der Waals surface area contributed by atoms with Crippen LogP contribution in [0.15, 0.2) is 18.2 Å². The van der Waals surface area contributed by atoms with E-state index in [0.29, 0.717) is 24.9 Å². The summed E-state index contributed by atoms with van der Waals surface area (Å²) in [7, 11) is 1.67. The highest BCUT2D eigenvalue weighted by Gasteiger charge is 2.32. The van der Waals surface area contributed by atoms with Crippen molar-refractivity contribution in [2.45, 2.75) is 31.8 Å². The molecule has 1 atom stereocenters. The Morgan fingerprint density at radius 2 is 2.22 bits per heavy atom. The van der Waals surface area contributed by atoms with Crippen molar-refractivity contribution in [3.8, 4) is 0 Å². The normalized spacial score (nSPS) is 16.7. The third-order valence-corrected chi connectivity index (χ3v) is 3.32. The highest BCUT2D eigenvalue weighted by atomic mass is 19.1. The molecular formula is C14H21FN2O. The Kier molecular flexibility index (Phi) is 4.19. The van der Waals surface area contributed by atoms with Gasteiger partial charge >= 0.3 is 0 Å². The number of rotatable bonds is 6. The number of hydrogen-bond donors (Lipinski definition) is 1. The quantitative estimate of drug-likeness (QED) is 0.845. The summed E-state index contributed by atoms with van der Waals surface area (Å²) >= 11 is 0. The van der Waals surface area contributed by atoms with Crippen LogP contribution < -0.4 is 10.6 Å². The number of nitrogens with two attached hydrogens (primary N) is 1. The van der Waals surface area contributed by atoms with E-state index in [0.717, 1.165) is 18.4 Å². The number of ether oxygens (including phenoxy) is 1. The number of hydrogen-bond acceptors (Lipinski definition) is 3. The van der Waals surface area contributed by atoms with Gasteiger partial charge in [-0.2, -0.15) is 0 Å². The van der Waals surface area contributed by atoms with E-state index in [1.54, 1.807) is 13.2 Å². The minimum atomic E-state index is -0.187. The van der Waals surface area contributed by atoms with Crippen LogP contribution in [0.4, 0.5) is 10.1 Å².